The molecular weight excluding hydrogens is 336 g/mol. The van der Waals surface area contributed by atoms with Crippen molar-refractivity contribution in [3.05, 3.63) is 41.5 Å². The maximum Gasteiger partial charge on any atom is 0.337 e. The number of aromatic nitrogens is 2. The van der Waals surface area contributed by atoms with Crippen LogP contribution in [0.25, 0.3) is 0 Å². The molecule has 0 saturated carbocycles. The van der Waals surface area contributed by atoms with Gasteiger partial charge in [-0.25, -0.2) is 4.79 Å². The Balaban J connectivity index is 1.53. The van der Waals surface area contributed by atoms with Crippen LogP contribution in [-0.2, 0) is 9.53 Å². The fraction of sp³-hybridized carbons (Fsp3) is 0.444. The number of hydrogen-bond acceptors (Lipinski definition) is 7. The van der Waals surface area contributed by atoms with E-state index in [1.165, 1.54) is 7.11 Å². The molecule has 138 valence electrons. The lowest BCUT2D eigenvalue weighted by atomic mass is 9.98. The fourth-order valence-corrected chi connectivity index (χ4v) is 3.09. The summed E-state index contributed by atoms with van der Waals surface area (Å²) in [6, 6.07) is 6.61. The van der Waals surface area contributed by atoms with Crippen molar-refractivity contribution in [1.82, 2.24) is 15.0 Å². The van der Waals surface area contributed by atoms with E-state index < -0.39 is 5.97 Å². The molecule has 1 aliphatic heterocycles. The number of aryl methyl sites for hydroxylation is 1. The van der Waals surface area contributed by atoms with Gasteiger partial charge in [0, 0.05) is 12.2 Å². The molecule has 8 nitrogen and oxygen atoms in total. The van der Waals surface area contributed by atoms with Gasteiger partial charge in [-0.15, -0.1) is 0 Å². The minimum absolute atomic E-state index is 0.0989. The molecule has 0 bridgehead atoms. The van der Waals surface area contributed by atoms with Gasteiger partial charge in [0.15, 0.2) is 5.82 Å². The highest BCUT2D eigenvalue weighted by molar-refractivity contribution is 5.93. The standard InChI is InChI=1S/C18H22N4O4/c1-12-19-17(26-21-12)14-4-3-9-22(10-14)11-16(23)20-15-7-5-13(6-8-15)18(24)25-2/h5-8,14H,3-4,9-11H2,1-2H3,(H,20,23). The average Bonchev–Trinajstić information content (AvgIpc) is 3.08. The molecule has 2 aromatic rings. The summed E-state index contributed by atoms with van der Waals surface area (Å²) in [4.78, 5) is 30.1. The predicted molar refractivity (Wildman–Crippen MR) is 93.9 cm³/mol. The van der Waals surface area contributed by atoms with Gasteiger partial charge in [-0.2, -0.15) is 4.98 Å². The summed E-state index contributed by atoms with van der Waals surface area (Å²) in [5.74, 6) is 0.935. The van der Waals surface area contributed by atoms with Gasteiger partial charge in [0.25, 0.3) is 0 Å². The number of carbonyl (C=O) groups is 2. The SMILES string of the molecule is COC(=O)c1ccc(NC(=O)CN2CCCC(c3nc(C)no3)C2)cc1. The Kier molecular flexibility index (Phi) is 5.62. The molecule has 0 radical (unpaired) electrons. The highest BCUT2D eigenvalue weighted by atomic mass is 16.5. The Hall–Kier alpha value is -2.74. The number of methoxy groups -OCH3 is 1. The molecular formula is C18H22N4O4. The van der Waals surface area contributed by atoms with E-state index in [0.29, 0.717) is 29.5 Å². The minimum Gasteiger partial charge on any atom is -0.465 e. The van der Waals surface area contributed by atoms with Gasteiger partial charge in [-0.05, 0) is 50.6 Å². The normalized spacial score (nSPS) is 17.7. The second kappa shape index (κ2) is 8.09. The van der Waals surface area contributed by atoms with Gasteiger partial charge < -0.3 is 14.6 Å². The first-order valence-electron chi connectivity index (χ1n) is 8.56. The second-order valence-corrected chi connectivity index (χ2v) is 6.37. The van der Waals surface area contributed by atoms with Gasteiger partial charge in [0.1, 0.15) is 0 Å². The van der Waals surface area contributed by atoms with Crippen LogP contribution in [0.2, 0.25) is 0 Å². The highest BCUT2D eigenvalue weighted by Gasteiger charge is 2.26. The third-order valence-corrected chi connectivity index (χ3v) is 4.36. The number of anilines is 1. The van der Waals surface area contributed by atoms with E-state index >= 15 is 0 Å². The topological polar surface area (TPSA) is 97.6 Å². The molecule has 1 atom stereocenters. The number of esters is 1. The molecule has 1 aliphatic rings. The summed E-state index contributed by atoms with van der Waals surface area (Å²) in [6.07, 6.45) is 1.96. The van der Waals surface area contributed by atoms with Crippen LogP contribution in [0.5, 0.6) is 0 Å². The lowest BCUT2D eigenvalue weighted by Gasteiger charge is -2.30. The number of amides is 1. The Morgan fingerprint density at radius 1 is 1.35 bits per heavy atom. The summed E-state index contributed by atoms with van der Waals surface area (Å²) >= 11 is 0. The minimum atomic E-state index is -0.404. The van der Waals surface area contributed by atoms with Crippen molar-refractivity contribution in [2.75, 3.05) is 32.1 Å². The molecule has 0 spiro atoms. The summed E-state index contributed by atoms with van der Waals surface area (Å²) < 4.78 is 9.92. The van der Waals surface area contributed by atoms with Crippen LogP contribution in [0.4, 0.5) is 5.69 Å². The number of carbonyl (C=O) groups excluding carboxylic acids is 2. The molecule has 8 heteroatoms. The number of rotatable bonds is 5. The number of piperidine rings is 1. The van der Waals surface area contributed by atoms with Crippen molar-refractivity contribution >= 4 is 17.6 Å². The molecule has 3 rings (SSSR count). The van der Waals surface area contributed by atoms with E-state index in [1.54, 1.807) is 31.2 Å². The van der Waals surface area contributed by atoms with Crippen LogP contribution in [0, 0.1) is 6.92 Å². The summed E-state index contributed by atoms with van der Waals surface area (Å²) in [7, 11) is 1.33. The first-order chi connectivity index (χ1) is 12.5. The summed E-state index contributed by atoms with van der Waals surface area (Å²) in [6.45, 7) is 3.67. The number of ether oxygens (including phenoxy) is 1. The van der Waals surface area contributed by atoms with E-state index in [2.05, 4.69) is 25.1 Å². The molecule has 26 heavy (non-hydrogen) atoms. The summed E-state index contributed by atoms with van der Waals surface area (Å²) in [5, 5.41) is 6.69. The maximum atomic E-state index is 12.3. The fourth-order valence-electron chi connectivity index (χ4n) is 3.09. The van der Waals surface area contributed by atoms with Gasteiger partial charge >= 0.3 is 5.97 Å². The van der Waals surface area contributed by atoms with Crippen LogP contribution in [-0.4, -0.2) is 53.7 Å². The van der Waals surface area contributed by atoms with E-state index in [9.17, 15) is 9.59 Å². The summed E-state index contributed by atoms with van der Waals surface area (Å²) in [5.41, 5.74) is 1.09. The Bertz CT molecular complexity index is 772. The third kappa shape index (κ3) is 4.45. The Morgan fingerprint density at radius 2 is 2.12 bits per heavy atom. The molecule has 2 heterocycles. The van der Waals surface area contributed by atoms with Crippen molar-refractivity contribution < 1.29 is 18.8 Å². The van der Waals surface area contributed by atoms with E-state index in [0.717, 1.165) is 25.9 Å². The van der Waals surface area contributed by atoms with Crippen molar-refractivity contribution in [2.45, 2.75) is 25.7 Å². The Morgan fingerprint density at radius 3 is 2.77 bits per heavy atom. The first kappa shape index (κ1) is 18.1. The number of hydrogen-bond donors (Lipinski definition) is 1. The van der Waals surface area contributed by atoms with E-state index in [4.69, 9.17) is 4.52 Å². The largest absolute Gasteiger partial charge is 0.465 e. The molecule has 1 aromatic carbocycles. The zero-order valence-electron chi connectivity index (χ0n) is 14.9. The zero-order chi connectivity index (χ0) is 18.5. The molecule has 1 aromatic heterocycles. The van der Waals surface area contributed by atoms with Crippen LogP contribution >= 0.6 is 0 Å². The second-order valence-electron chi connectivity index (χ2n) is 6.37. The van der Waals surface area contributed by atoms with Crippen LogP contribution in [0.15, 0.2) is 28.8 Å². The zero-order valence-corrected chi connectivity index (χ0v) is 14.9. The van der Waals surface area contributed by atoms with Crippen molar-refractivity contribution in [2.24, 2.45) is 0 Å². The highest BCUT2D eigenvalue weighted by Crippen LogP contribution is 2.25. The maximum absolute atomic E-state index is 12.3. The van der Waals surface area contributed by atoms with E-state index in [-0.39, 0.29) is 11.8 Å². The van der Waals surface area contributed by atoms with Crippen molar-refractivity contribution in [3.63, 3.8) is 0 Å². The smallest absolute Gasteiger partial charge is 0.337 e. The number of likely N-dealkylation sites (tertiary alicyclic amines) is 1. The van der Waals surface area contributed by atoms with Gasteiger partial charge in [0.2, 0.25) is 11.8 Å². The predicted octanol–water partition coefficient (Wildman–Crippen LogP) is 1.98. The van der Waals surface area contributed by atoms with Crippen LogP contribution in [0.1, 0.15) is 40.8 Å². The lowest BCUT2D eigenvalue weighted by Crippen LogP contribution is -2.39. The molecule has 1 saturated heterocycles. The average molecular weight is 358 g/mol. The molecule has 1 unspecified atom stereocenters. The number of nitrogens with zero attached hydrogens (tertiary/aromatic N) is 3. The Labute approximate surface area is 151 Å². The quantitative estimate of drug-likeness (QED) is 0.816. The third-order valence-electron chi connectivity index (χ3n) is 4.36. The molecule has 1 fully saturated rings. The van der Waals surface area contributed by atoms with Gasteiger partial charge in [-0.1, -0.05) is 5.16 Å². The van der Waals surface area contributed by atoms with Gasteiger partial charge in [-0.3, -0.25) is 9.69 Å². The van der Waals surface area contributed by atoms with Crippen LogP contribution in [0.3, 0.4) is 0 Å². The van der Waals surface area contributed by atoms with Crippen LogP contribution < -0.4 is 5.32 Å². The lowest BCUT2D eigenvalue weighted by molar-refractivity contribution is -0.117. The molecule has 1 N–H and O–H groups in total. The van der Waals surface area contributed by atoms with E-state index in [1.807, 2.05) is 0 Å². The van der Waals surface area contributed by atoms with Gasteiger partial charge in [0.05, 0.1) is 25.1 Å². The molecule has 1 amide bonds. The number of benzene rings is 1. The van der Waals surface area contributed by atoms with Crippen molar-refractivity contribution in [3.8, 4) is 0 Å². The number of nitrogens with one attached hydrogen (secondary N) is 1. The molecule has 0 aliphatic carbocycles. The first-order valence-corrected chi connectivity index (χ1v) is 8.56. The van der Waals surface area contributed by atoms with Crippen molar-refractivity contribution in [1.29, 1.82) is 0 Å². The monoisotopic (exact) mass is 358 g/mol.